The Labute approximate surface area is 279 Å². The summed E-state index contributed by atoms with van der Waals surface area (Å²) < 4.78 is 7.72. The molecule has 1 unspecified atom stereocenters. The summed E-state index contributed by atoms with van der Waals surface area (Å²) >= 11 is 12.4. The van der Waals surface area contributed by atoms with E-state index in [4.69, 9.17) is 27.9 Å². The number of piperazine rings is 1. The molecule has 12 heteroatoms. The highest BCUT2D eigenvalue weighted by atomic mass is 35.5. The lowest BCUT2D eigenvalue weighted by atomic mass is 10.0. The summed E-state index contributed by atoms with van der Waals surface area (Å²) in [6, 6.07) is 15.5. The highest BCUT2D eigenvalue weighted by molar-refractivity contribution is 6.42. The topological polar surface area (TPSA) is 94.1 Å². The Balaban J connectivity index is 1.09. The van der Waals surface area contributed by atoms with Crippen molar-refractivity contribution in [3.05, 3.63) is 80.8 Å². The summed E-state index contributed by atoms with van der Waals surface area (Å²) in [5, 5.41) is 0.816. The molecule has 1 atom stereocenters. The van der Waals surface area contributed by atoms with Crippen molar-refractivity contribution in [3.63, 3.8) is 0 Å². The van der Waals surface area contributed by atoms with Crippen LogP contribution >= 0.6 is 23.2 Å². The zero-order valence-corrected chi connectivity index (χ0v) is 27.8. The Hall–Kier alpha value is -3.31. The average molecular weight is 670 g/mol. The van der Waals surface area contributed by atoms with Crippen LogP contribution in [0.3, 0.4) is 0 Å². The zero-order chi connectivity index (χ0) is 32.2. The minimum atomic E-state index is -0.988. The lowest BCUT2D eigenvalue weighted by Gasteiger charge is -2.42. The first-order valence-electron chi connectivity index (χ1n) is 16.2. The molecule has 3 saturated heterocycles. The number of imidazole rings is 1. The molecular weight excluding hydrogens is 627 g/mol. The van der Waals surface area contributed by atoms with Gasteiger partial charge in [0.2, 0.25) is 0 Å². The molecule has 0 radical (unpaired) electrons. The number of benzene rings is 2. The molecule has 2 amide bonds. The second-order valence-electron chi connectivity index (χ2n) is 12.7. The monoisotopic (exact) mass is 668 g/mol. The van der Waals surface area contributed by atoms with Gasteiger partial charge in [-0.05, 0) is 69.1 Å². The highest BCUT2D eigenvalue weighted by Gasteiger charge is 2.35. The van der Waals surface area contributed by atoms with Gasteiger partial charge in [-0.2, -0.15) is 0 Å². The normalized spacial score (nSPS) is 19.7. The van der Waals surface area contributed by atoms with E-state index in [1.807, 2.05) is 47.5 Å². The van der Waals surface area contributed by atoms with E-state index in [2.05, 4.69) is 21.8 Å². The fourth-order valence-corrected chi connectivity index (χ4v) is 7.22. The molecule has 10 nitrogen and oxygen atoms in total. The molecule has 3 aliphatic rings. The minimum Gasteiger partial charge on any atom is -0.436 e. The first-order valence-corrected chi connectivity index (χ1v) is 17.0. The fourth-order valence-electron chi connectivity index (χ4n) is 6.90. The van der Waals surface area contributed by atoms with E-state index < -0.39 is 12.2 Å². The smallest absolute Gasteiger partial charge is 0.410 e. The lowest BCUT2D eigenvalue weighted by Crippen LogP contribution is -2.56. The maximum absolute atomic E-state index is 13.9. The Kier molecular flexibility index (Phi) is 10.4. The van der Waals surface area contributed by atoms with E-state index in [-0.39, 0.29) is 24.1 Å². The lowest BCUT2D eigenvalue weighted by molar-refractivity contribution is -0.143. The average Bonchev–Trinajstić information content (AvgIpc) is 3.48. The number of ether oxygens (including phenoxy) is 1. The summed E-state index contributed by atoms with van der Waals surface area (Å²) in [6.45, 7) is 5.86. The van der Waals surface area contributed by atoms with Gasteiger partial charge in [0.1, 0.15) is 0 Å². The van der Waals surface area contributed by atoms with E-state index in [0.29, 0.717) is 55.1 Å². The second-order valence-corrected chi connectivity index (χ2v) is 13.5. The van der Waals surface area contributed by atoms with Crippen LogP contribution < -0.4 is 5.69 Å². The maximum Gasteiger partial charge on any atom is 0.410 e. The molecular formula is C34H42Cl2N6O4. The van der Waals surface area contributed by atoms with Crippen molar-refractivity contribution in [2.45, 2.75) is 50.3 Å². The largest absolute Gasteiger partial charge is 0.436 e. The number of hydrogen-bond donors (Lipinski definition) is 1. The number of rotatable bonds is 7. The third-order valence-corrected chi connectivity index (χ3v) is 10.4. The van der Waals surface area contributed by atoms with E-state index in [1.54, 1.807) is 21.6 Å². The summed E-state index contributed by atoms with van der Waals surface area (Å²) in [7, 11) is 2.16. The molecule has 4 heterocycles. The van der Waals surface area contributed by atoms with Gasteiger partial charge in [-0.3, -0.25) is 14.3 Å². The standard InChI is InChI=1S/C34H42Cl2N6O4/c1-38-13-9-26(10-14-38)39-17-19-40(20-18-39)32(43)31(22-24-7-8-28(35)29(36)21-24)46-34(45)41-15-11-27(12-16-41)42-23-30(37-33(42)44)25-5-3-2-4-6-25/h2-8,21,23,26-27,31H,9-20,22H2,1H3,(H,37,44). The van der Waals surface area contributed by atoms with Crippen molar-refractivity contribution in [2.75, 3.05) is 59.4 Å². The summed E-state index contributed by atoms with van der Waals surface area (Å²) in [4.78, 5) is 51.4. The molecule has 1 N–H and O–H groups in total. The third kappa shape index (κ3) is 7.62. The maximum atomic E-state index is 13.9. The van der Waals surface area contributed by atoms with Crippen LogP contribution in [0.15, 0.2) is 59.5 Å². The molecule has 246 valence electrons. The number of nitrogens with zero attached hydrogens (tertiary/aromatic N) is 5. The Morgan fingerprint density at radius 3 is 2.20 bits per heavy atom. The van der Waals surface area contributed by atoms with Gasteiger partial charge in [0, 0.05) is 64.0 Å². The van der Waals surface area contributed by atoms with Gasteiger partial charge in [0.05, 0.1) is 15.7 Å². The summed E-state index contributed by atoms with van der Waals surface area (Å²) in [5.41, 5.74) is 2.32. The number of aromatic amines is 1. The van der Waals surface area contributed by atoms with Gasteiger partial charge in [-0.25, -0.2) is 9.59 Å². The number of H-pyrrole nitrogens is 1. The molecule has 0 bridgehead atoms. The van der Waals surface area contributed by atoms with Gasteiger partial charge in [-0.1, -0.05) is 59.6 Å². The first-order chi connectivity index (χ1) is 22.2. The Morgan fingerprint density at radius 1 is 0.848 bits per heavy atom. The van der Waals surface area contributed by atoms with E-state index in [9.17, 15) is 14.4 Å². The quantitative estimate of drug-likeness (QED) is 0.390. The van der Waals surface area contributed by atoms with E-state index in [0.717, 1.165) is 55.8 Å². The number of carbonyl (C=O) groups is 2. The van der Waals surface area contributed by atoms with E-state index in [1.165, 1.54) is 0 Å². The van der Waals surface area contributed by atoms with E-state index >= 15 is 0 Å². The number of aromatic nitrogens is 2. The number of halogens is 2. The summed E-state index contributed by atoms with van der Waals surface area (Å²) in [6.07, 6.45) is 4.04. The highest BCUT2D eigenvalue weighted by Crippen LogP contribution is 2.27. The number of hydrogen-bond acceptors (Lipinski definition) is 6. The van der Waals surface area contributed by atoms with Crippen LogP contribution in [0, 0.1) is 0 Å². The second kappa shape index (κ2) is 14.6. The molecule has 0 aliphatic carbocycles. The molecule has 46 heavy (non-hydrogen) atoms. The number of nitrogens with one attached hydrogen (secondary N) is 1. The SMILES string of the molecule is CN1CCC(N2CCN(C(=O)C(Cc3ccc(Cl)c(Cl)c3)OC(=O)N3CCC(n4cc(-c5ccccc5)[nH]c4=O)CC3)CC2)CC1. The molecule has 0 saturated carbocycles. The third-order valence-electron chi connectivity index (χ3n) is 9.70. The minimum absolute atomic E-state index is 0.0419. The van der Waals surface area contributed by atoms with Crippen molar-refractivity contribution < 1.29 is 14.3 Å². The Morgan fingerprint density at radius 2 is 1.52 bits per heavy atom. The number of amides is 2. The van der Waals surface area contributed by atoms with Crippen molar-refractivity contribution in [1.29, 1.82) is 0 Å². The fraction of sp³-hybridized carbons (Fsp3) is 0.500. The van der Waals surface area contributed by atoms with Crippen molar-refractivity contribution in [1.82, 2.24) is 29.2 Å². The van der Waals surface area contributed by atoms with Gasteiger partial charge >= 0.3 is 11.8 Å². The van der Waals surface area contributed by atoms with Crippen LogP contribution in [-0.2, 0) is 16.0 Å². The van der Waals surface area contributed by atoms with Crippen molar-refractivity contribution >= 4 is 35.2 Å². The summed E-state index contributed by atoms with van der Waals surface area (Å²) in [5.74, 6) is -0.190. The van der Waals surface area contributed by atoms with Crippen LogP contribution in [0.2, 0.25) is 10.0 Å². The first kappa shape index (κ1) is 32.6. The van der Waals surface area contributed by atoms with Crippen LogP contribution in [0.4, 0.5) is 4.79 Å². The van der Waals surface area contributed by atoms with Crippen molar-refractivity contribution in [3.8, 4) is 11.3 Å². The number of likely N-dealkylation sites (tertiary alicyclic amines) is 2. The zero-order valence-electron chi connectivity index (χ0n) is 26.2. The predicted molar refractivity (Wildman–Crippen MR) is 179 cm³/mol. The molecule has 2 aromatic carbocycles. The molecule has 3 fully saturated rings. The molecule has 6 rings (SSSR count). The molecule has 3 aromatic rings. The van der Waals surface area contributed by atoms with Crippen molar-refractivity contribution in [2.24, 2.45) is 0 Å². The van der Waals surface area contributed by atoms with Crippen LogP contribution in [0.25, 0.3) is 11.3 Å². The predicted octanol–water partition coefficient (Wildman–Crippen LogP) is 4.77. The number of carbonyl (C=O) groups excluding carboxylic acids is 2. The molecule has 1 aromatic heterocycles. The van der Waals surface area contributed by atoms with Gasteiger partial charge in [-0.15, -0.1) is 0 Å². The van der Waals surface area contributed by atoms with Crippen LogP contribution in [0.5, 0.6) is 0 Å². The van der Waals surface area contributed by atoms with Gasteiger partial charge in [0.25, 0.3) is 5.91 Å². The molecule has 0 spiro atoms. The number of piperidine rings is 2. The van der Waals surface area contributed by atoms with Gasteiger partial charge in [0.15, 0.2) is 6.10 Å². The van der Waals surface area contributed by atoms with Crippen LogP contribution in [0.1, 0.15) is 37.3 Å². The van der Waals surface area contributed by atoms with Crippen LogP contribution in [-0.4, -0.2) is 113 Å². The molecule has 3 aliphatic heterocycles. The Bertz CT molecular complexity index is 1560. The van der Waals surface area contributed by atoms with Gasteiger partial charge < -0.3 is 24.4 Å².